The van der Waals surface area contributed by atoms with Crippen molar-refractivity contribution in [2.75, 3.05) is 13.6 Å². The van der Waals surface area contributed by atoms with Gasteiger partial charge in [0.05, 0.1) is 6.54 Å². The summed E-state index contributed by atoms with van der Waals surface area (Å²) in [6.45, 7) is 0.585. The zero-order chi connectivity index (χ0) is 7.49. The Morgan fingerprint density at radius 3 is 2.22 bits per heavy atom. The van der Waals surface area contributed by atoms with Crippen LogP contribution in [0.5, 0.6) is 0 Å². The average Bonchev–Trinajstić information content (AvgIpc) is 1.65. The molecule has 2 nitrogen and oxygen atoms in total. The van der Waals surface area contributed by atoms with Crippen molar-refractivity contribution in [3.63, 3.8) is 0 Å². The van der Waals surface area contributed by atoms with E-state index >= 15 is 0 Å². The van der Waals surface area contributed by atoms with Gasteiger partial charge in [0.25, 0.3) is 5.92 Å². The first-order valence-electron chi connectivity index (χ1n) is 2.71. The first kappa shape index (κ1) is 8.78. The molecule has 0 bridgehead atoms. The van der Waals surface area contributed by atoms with Crippen LogP contribution >= 0.6 is 0 Å². The molecular weight excluding hydrogens is 128 g/mol. The SMILES string of the molecule is CNCC(F)(F)[C@H](C)O. The van der Waals surface area contributed by atoms with Gasteiger partial charge >= 0.3 is 0 Å². The van der Waals surface area contributed by atoms with Crippen molar-refractivity contribution in [3.8, 4) is 0 Å². The van der Waals surface area contributed by atoms with Crippen molar-refractivity contribution in [1.29, 1.82) is 0 Å². The fourth-order valence-corrected chi connectivity index (χ4v) is 0.383. The van der Waals surface area contributed by atoms with E-state index < -0.39 is 18.6 Å². The molecular formula is C5H11F2NO. The second-order valence-corrected chi connectivity index (χ2v) is 1.97. The van der Waals surface area contributed by atoms with Gasteiger partial charge in [-0.05, 0) is 14.0 Å². The lowest BCUT2D eigenvalue weighted by Gasteiger charge is -2.17. The van der Waals surface area contributed by atoms with Crippen molar-refractivity contribution in [3.05, 3.63) is 0 Å². The van der Waals surface area contributed by atoms with Crippen molar-refractivity contribution in [2.24, 2.45) is 0 Å². The maximum Gasteiger partial charge on any atom is 0.285 e. The molecule has 0 aliphatic rings. The van der Waals surface area contributed by atoms with Crippen LogP contribution in [0.2, 0.25) is 0 Å². The molecule has 0 aromatic heterocycles. The number of nitrogens with one attached hydrogen (secondary N) is 1. The van der Waals surface area contributed by atoms with Gasteiger partial charge in [0.15, 0.2) is 0 Å². The molecule has 9 heavy (non-hydrogen) atoms. The van der Waals surface area contributed by atoms with Crippen LogP contribution in [0.3, 0.4) is 0 Å². The fraction of sp³-hybridized carbons (Fsp3) is 1.00. The Morgan fingerprint density at radius 2 is 2.11 bits per heavy atom. The highest BCUT2D eigenvalue weighted by molar-refractivity contribution is 4.73. The van der Waals surface area contributed by atoms with Gasteiger partial charge in [-0.15, -0.1) is 0 Å². The topological polar surface area (TPSA) is 32.3 Å². The monoisotopic (exact) mass is 139 g/mol. The lowest BCUT2D eigenvalue weighted by molar-refractivity contribution is -0.0954. The minimum absolute atomic E-state index is 0.481. The summed E-state index contributed by atoms with van der Waals surface area (Å²) in [5, 5.41) is 10.7. The van der Waals surface area contributed by atoms with E-state index in [1.807, 2.05) is 0 Å². The summed E-state index contributed by atoms with van der Waals surface area (Å²) in [4.78, 5) is 0. The van der Waals surface area contributed by atoms with Crippen LogP contribution in [0, 0.1) is 0 Å². The van der Waals surface area contributed by atoms with Gasteiger partial charge in [0.1, 0.15) is 6.10 Å². The molecule has 0 fully saturated rings. The number of aliphatic hydroxyl groups is 1. The van der Waals surface area contributed by atoms with Crippen LogP contribution < -0.4 is 5.32 Å². The van der Waals surface area contributed by atoms with Crippen molar-refractivity contribution < 1.29 is 13.9 Å². The van der Waals surface area contributed by atoms with Crippen molar-refractivity contribution in [1.82, 2.24) is 5.32 Å². The second kappa shape index (κ2) is 3.08. The Balaban J connectivity index is 3.70. The Labute approximate surface area is 52.9 Å². The average molecular weight is 139 g/mol. The molecule has 2 N–H and O–H groups in total. The van der Waals surface area contributed by atoms with Gasteiger partial charge in [-0.2, -0.15) is 0 Å². The Bertz CT molecular complexity index is 85.0. The van der Waals surface area contributed by atoms with Crippen LogP contribution in [-0.2, 0) is 0 Å². The molecule has 0 saturated carbocycles. The largest absolute Gasteiger partial charge is 0.387 e. The summed E-state index contributed by atoms with van der Waals surface area (Å²) in [6.07, 6.45) is -1.58. The molecule has 1 atom stereocenters. The highest BCUT2D eigenvalue weighted by Crippen LogP contribution is 2.16. The first-order chi connectivity index (χ1) is 4.00. The Morgan fingerprint density at radius 1 is 1.67 bits per heavy atom. The summed E-state index contributed by atoms with van der Waals surface area (Å²) in [5.41, 5.74) is 0. The number of alkyl halides is 2. The molecule has 0 aromatic rings. The molecule has 0 aromatic carbocycles. The van der Waals surface area contributed by atoms with E-state index in [2.05, 4.69) is 5.32 Å². The van der Waals surface area contributed by atoms with Crippen molar-refractivity contribution >= 4 is 0 Å². The van der Waals surface area contributed by atoms with Crippen molar-refractivity contribution in [2.45, 2.75) is 19.0 Å². The molecule has 56 valence electrons. The van der Waals surface area contributed by atoms with E-state index in [0.717, 1.165) is 6.92 Å². The lowest BCUT2D eigenvalue weighted by atomic mass is 10.2. The minimum atomic E-state index is -3.01. The summed E-state index contributed by atoms with van der Waals surface area (Å²) < 4.78 is 24.5. The number of hydrogen-bond acceptors (Lipinski definition) is 2. The Hall–Kier alpha value is -0.220. The quantitative estimate of drug-likeness (QED) is 0.586. The Kier molecular flexibility index (Phi) is 3.00. The van der Waals surface area contributed by atoms with E-state index in [4.69, 9.17) is 5.11 Å². The number of aliphatic hydroxyl groups excluding tert-OH is 1. The summed E-state index contributed by atoms with van der Waals surface area (Å²) in [6, 6.07) is 0. The lowest BCUT2D eigenvalue weighted by Crippen LogP contribution is -2.39. The molecule has 0 aliphatic heterocycles. The van der Waals surface area contributed by atoms with Crippen LogP contribution in [0.4, 0.5) is 8.78 Å². The third kappa shape index (κ3) is 2.72. The third-order valence-electron chi connectivity index (χ3n) is 1.02. The van der Waals surface area contributed by atoms with Gasteiger partial charge in [0.2, 0.25) is 0 Å². The highest BCUT2D eigenvalue weighted by atomic mass is 19.3. The van der Waals surface area contributed by atoms with Crippen LogP contribution in [-0.4, -0.2) is 30.7 Å². The molecule has 0 rings (SSSR count). The number of hydrogen-bond donors (Lipinski definition) is 2. The van der Waals surface area contributed by atoms with E-state index in [1.54, 1.807) is 0 Å². The zero-order valence-electron chi connectivity index (χ0n) is 5.49. The summed E-state index contributed by atoms with van der Waals surface area (Å²) >= 11 is 0. The van der Waals surface area contributed by atoms with Gasteiger partial charge in [0, 0.05) is 0 Å². The zero-order valence-corrected chi connectivity index (χ0v) is 5.49. The van der Waals surface area contributed by atoms with E-state index in [1.165, 1.54) is 7.05 Å². The fourth-order valence-electron chi connectivity index (χ4n) is 0.383. The normalized spacial score (nSPS) is 15.7. The maximum atomic E-state index is 12.2. The predicted octanol–water partition coefficient (Wildman–Crippen LogP) is 0.222. The van der Waals surface area contributed by atoms with Crippen LogP contribution in [0.25, 0.3) is 0 Å². The van der Waals surface area contributed by atoms with Gasteiger partial charge in [-0.1, -0.05) is 0 Å². The molecule has 0 aliphatic carbocycles. The standard InChI is InChI=1S/C5H11F2NO/c1-4(9)5(6,7)3-8-2/h4,8-9H,3H2,1-2H3/t4-/m0/s1. The van der Waals surface area contributed by atoms with Gasteiger partial charge < -0.3 is 10.4 Å². The minimum Gasteiger partial charge on any atom is -0.387 e. The predicted molar refractivity (Wildman–Crippen MR) is 30.6 cm³/mol. The molecule has 0 amide bonds. The molecule has 0 heterocycles. The van der Waals surface area contributed by atoms with Crippen LogP contribution in [0.15, 0.2) is 0 Å². The van der Waals surface area contributed by atoms with Gasteiger partial charge in [-0.3, -0.25) is 0 Å². The third-order valence-corrected chi connectivity index (χ3v) is 1.02. The van der Waals surface area contributed by atoms with E-state index in [-0.39, 0.29) is 0 Å². The second-order valence-electron chi connectivity index (χ2n) is 1.97. The molecule has 0 radical (unpaired) electrons. The van der Waals surface area contributed by atoms with Crippen LogP contribution in [0.1, 0.15) is 6.92 Å². The highest BCUT2D eigenvalue weighted by Gasteiger charge is 2.33. The smallest absolute Gasteiger partial charge is 0.285 e. The maximum absolute atomic E-state index is 12.2. The summed E-state index contributed by atoms with van der Waals surface area (Å²) in [7, 11) is 1.41. The summed E-state index contributed by atoms with van der Waals surface area (Å²) in [5.74, 6) is -3.01. The molecule has 0 saturated heterocycles. The van der Waals surface area contributed by atoms with E-state index in [0.29, 0.717) is 0 Å². The first-order valence-corrected chi connectivity index (χ1v) is 2.71. The molecule has 0 unspecified atom stereocenters. The van der Waals surface area contributed by atoms with Gasteiger partial charge in [-0.25, -0.2) is 8.78 Å². The van der Waals surface area contributed by atoms with E-state index in [9.17, 15) is 8.78 Å². The number of halogens is 2. The molecule has 4 heteroatoms. The number of rotatable bonds is 3. The molecule has 0 spiro atoms.